The Labute approximate surface area is 120 Å². The van der Waals surface area contributed by atoms with Gasteiger partial charge in [-0.3, -0.25) is 9.59 Å². The number of carbonyl (C=O) groups excluding carboxylic acids is 2. The van der Waals surface area contributed by atoms with Gasteiger partial charge in [0.25, 0.3) is 0 Å². The quantitative estimate of drug-likeness (QED) is 0.775. The summed E-state index contributed by atoms with van der Waals surface area (Å²) in [6.07, 6.45) is 3.76. The molecule has 2 amide bonds. The van der Waals surface area contributed by atoms with Crippen LogP contribution in [0.25, 0.3) is 0 Å². The number of carbonyl (C=O) groups is 2. The van der Waals surface area contributed by atoms with Gasteiger partial charge in [-0.25, -0.2) is 0 Å². The summed E-state index contributed by atoms with van der Waals surface area (Å²) in [6, 6.07) is -0.287. The lowest BCUT2D eigenvalue weighted by atomic mass is 9.83. The molecule has 2 atom stereocenters. The Morgan fingerprint density at radius 2 is 1.90 bits per heavy atom. The van der Waals surface area contributed by atoms with Crippen LogP contribution in [0.2, 0.25) is 0 Å². The molecule has 5 nitrogen and oxygen atoms in total. The minimum atomic E-state index is -0.278. The van der Waals surface area contributed by atoms with Crippen molar-refractivity contribution in [2.24, 2.45) is 5.92 Å². The Morgan fingerprint density at radius 1 is 1.20 bits per heavy atom. The Kier molecular flexibility index (Phi) is 3.48. The van der Waals surface area contributed by atoms with Crippen molar-refractivity contribution in [2.75, 3.05) is 13.7 Å². The number of fused-ring (bicyclic) bond motifs is 1. The number of rotatable bonds is 3. The highest BCUT2D eigenvalue weighted by Gasteiger charge is 2.52. The maximum atomic E-state index is 12.8. The van der Waals surface area contributed by atoms with Gasteiger partial charge >= 0.3 is 0 Å². The van der Waals surface area contributed by atoms with Gasteiger partial charge in [0, 0.05) is 19.7 Å². The maximum absolute atomic E-state index is 12.8. The molecule has 2 aliphatic heterocycles. The van der Waals surface area contributed by atoms with Crippen LogP contribution in [0.3, 0.4) is 0 Å². The van der Waals surface area contributed by atoms with Crippen LogP contribution in [0.4, 0.5) is 0 Å². The van der Waals surface area contributed by atoms with E-state index in [-0.39, 0.29) is 42.0 Å². The van der Waals surface area contributed by atoms with Gasteiger partial charge in [-0.05, 0) is 31.6 Å². The first-order chi connectivity index (χ1) is 9.54. The lowest BCUT2D eigenvalue weighted by Gasteiger charge is -2.51. The van der Waals surface area contributed by atoms with Crippen LogP contribution in [-0.4, -0.2) is 59.5 Å². The number of hydrogen-bond acceptors (Lipinski definition) is 3. The molecule has 1 aliphatic carbocycles. The van der Waals surface area contributed by atoms with E-state index in [9.17, 15) is 9.59 Å². The SMILES string of the molecule is COC1CC(N2C(=O)C3CCCN3C(=O)C2C(C)C)C1. The van der Waals surface area contributed by atoms with E-state index in [1.165, 1.54) is 0 Å². The monoisotopic (exact) mass is 280 g/mol. The van der Waals surface area contributed by atoms with Gasteiger partial charge in [-0.2, -0.15) is 0 Å². The Hall–Kier alpha value is -1.10. The molecule has 1 saturated carbocycles. The van der Waals surface area contributed by atoms with Crippen LogP contribution in [-0.2, 0) is 14.3 Å². The minimum Gasteiger partial charge on any atom is -0.381 e. The summed E-state index contributed by atoms with van der Waals surface area (Å²) in [7, 11) is 1.71. The average molecular weight is 280 g/mol. The minimum absolute atomic E-state index is 0.156. The molecular formula is C15H24N2O3. The lowest BCUT2D eigenvalue weighted by molar-refractivity contribution is -0.170. The predicted octanol–water partition coefficient (Wildman–Crippen LogP) is 1.02. The molecule has 0 aromatic rings. The molecule has 0 aromatic carbocycles. The predicted molar refractivity (Wildman–Crippen MR) is 74.0 cm³/mol. The molecule has 112 valence electrons. The number of methoxy groups -OCH3 is 1. The normalized spacial score (nSPS) is 37.4. The zero-order valence-corrected chi connectivity index (χ0v) is 12.5. The van der Waals surface area contributed by atoms with E-state index in [2.05, 4.69) is 0 Å². The third-order valence-corrected chi connectivity index (χ3v) is 5.06. The van der Waals surface area contributed by atoms with E-state index in [4.69, 9.17) is 4.74 Å². The van der Waals surface area contributed by atoms with Crippen molar-refractivity contribution in [3.63, 3.8) is 0 Å². The van der Waals surface area contributed by atoms with Crippen LogP contribution < -0.4 is 0 Å². The molecule has 20 heavy (non-hydrogen) atoms. The molecule has 3 rings (SSSR count). The van der Waals surface area contributed by atoms with Crippen LogP contribution in [0.5, 0.6) is 0 Å². The first kappa shape index (κ1) is 13.9. The summed E-state index contributed by atoms with van der Waals surface area (Å²) in [5, 5.41) is 0. The number of nitrogens with zero attached hydrogens (tertiary/aromatic N) is 2. The van der Waals surface area contributed by atoms with Crippen LogP contribution in [0, 0.1) is 5.92 Å². The highest BCUT2D eigenvalue weighted by molar-refractivity contribution is 5.97. The van der Waals surface area contributed by atoms with E-state index >= 15 is 0 Å². The van der Waals surface area contributed by atoms with Crippen molar-refractivity contribution in [3.05, 3.63) is 0 Å². The topological polar surface area (TPSA) is 49.9 Å². The Morgan fingerprint density at radius 3 is 2.50 bits per heavy atom. The van der Waals surface area contributed by atoms with E-state index in [1.807, 2.05) is 23.6 Å². The van der Waals surface area contributed by atoms with E-state index in [0.717, 1.165) is 32.2 Å². The number of piperazine rings is 1. The fraction of sp³-hybridized carbons (Fsp3) is 0.867. The third-order valence-electron chi connectivity index (χ3n) is 5.06. The zero-order valence-electron chi connectivity index (χ0n) is 12.5. The molecule has 0 bridgehead atoms. The fourth-order valence-corrected chi connectivity index (χ4v) is 3.86. The van der Waals surface area contributed by atoms with E-state index in [1.54, 1.807) is 7.11 Å². The van der Waals surface area contributed by atoms with E-state index < -0.39 is 0 Å². The van der Waals surface area contributed by atoms with Gasteiger partial charge in [0.15, 0.2) is 0 Å². The summed E-state index contributed by atoms with van der Waals surface area (Å²) >= 11 is 0. The van der Waals surface area contributed by atoms with Crippen LogP contribution in [0.1, 0.15) is 39.5 Å². The van der Waals surface area contributed by atoms with Gasteiger partial charge in [0.1, 0.15) is 12.1 Å². The summed E-state index contributed by atoms with van der Waals surface area (Å²) in [4.78, 5) is 29.2. The van der Waals surface area contributed by atoms with Crippen molar-refractivity contribution >= 4 is 11.8 Å². The molecule has 0 spiro atoms. The third kappa shape index (κ3) is 1.94. The smallest absolute Gasteiger partial charge is 0.246 e. The molecule has 2 unspecified atom stereocenters. The molecule has 0 radical (unpaired) electrons. The first-order valence-corrected chi connectivity index (χ1v) is 7.70. The van der Waals surface area contributed by atoms with Crippen molar-refractivity contribution in [2.45, 2.75) is 63.8 Å². The van der Waals surface area contributed by atoms with Gasteiger partial charge in [0.2, 0.25) is 11.8 Å². The highest BCUT2D eigenvalue weighted by Crippen LogP contribution is 2.37. The molecule has 5 heteroatoms. The van der Waals surface area contributed by atoms with Gasteiger partial charge in [0.05, 0.1) is 6.10 Å². The standard InChI is InChI=1S/C15H24N2O3/c1-9(2)13-15(19)16-6-4-5-12(16)14(18)17(13)10-7-11(8-10)20-3/h9-13H,4-8H2,1-3H3. The number of amides is 2. The second-order valence-corrected chi connectivity index (χ2v) is 6.61. The first-order valence-electron chi connectivity index (χ1n) is 7.70. The van der Waals surface area contributed by atoms with Crippen LogP contribution in [0.15, 0.2) is 0 Å². The second kappa shape index (κ2) is 5.02. The second-order valence-electron chi connectivity index (χ2n) is 6.61. The molecule has 0 N–H and O–H groups in total. The summed E-state index contributed by atoms with van der Waals surface area (Å²) in [5.74, 6) is 0.484. The van der Waals surface area contributed by atoms with Crippen LogP contribution >= 0.6 is 0 Å². The van der Waals surface area contributed by atoms with Crippen molar-refractivity contribution in [3.8, 4) is 0 Å². The fourth-order valence-electron chi connectivity index (χ4n) is 3.86. The summed E-state index contributed by atoms with van der Waals surface area (Å²) in [6.45, 7) is 4.81. The average Bonchev–Trinajstić information content (AvgIpc) is 2.83. The molecule has 3 fully saturated rings. The van der Waals surface area contributed by atoms with Gasteiger partial charge in [-0.1, -0.05) is 13.8 Å². The van der Waals surface area contributed by atoms with Gasteiger partial charge < -0.3 is 14.5 Å². The Balaban J connectivity index is 1.85. The summed E-state index contributed by atoms with van der Waals surface area (Å²) < 4.78 is 5.32. The summed E-state index contributed by atoms with van der Waals surface area (Å²) in [5.41, 5.74) is 0. The van der Waals surface area contributed by atoms with Crippen molar-refractivity contribution in [1.82, 2.24) is 9.80 Å². The maximum Gasteiger partial charge on any atom is 0.246 e. The number of hydrogen-bond donors (Lipinski definition) is 0. The highest BCUT2D eigenvalue weighted by atomic mass is 16.5. The van der Waals surface area contributed by atoms with E-state index in [0.29, 0.717) is 0 Å². The molecular weight excluding hydrogens is 256 g/mol. The molecule has 0 aromatic heterocycles. The largest absolute Gasteiger partial charge is 0.381 e. The Bertz CT molecular complexity index is 417. The molecule has 2 heterocycles. The molecule has 2 saturated heterocycles. The van der Waals surface area contributed by atoms with Gasteiger partial charge in [-0.15, -0.1) is 0 Å². The van der Waals surface area contributed by atoms with Crippen molar-refractivity contribution < 1.29 is 14.3 Å². The van der Waals surface area contributed by atoms with Crippen molar-refractivity contribution in [1.29, 1.82) is 0 Å². The lowest BCUT2D eigenvalue weighted by Crippen LogP contribution is -2.68. The molecule has 3 aliphatic rings. The number of ether oxygens (including phenoxy) is 1. The zero-order chi connectivity index (χ0) is 14.4.